The Kier molecular flexibility index (Phi) is 5.84. The van der Waals surface area contributed by atoms with Crippen molar-refractivity contribution in [1.29, 1.82) is 0 Å². The quantitative estimate of drug-likeness (QED) is 0.470. The van der Waals surface area contributed by atoms with E-state index in [-0.39, 0.29) is 17.9 Å². The predicted octanol–water partition coefficient (Wildman–Crippen LogP) is 2.51. The van der Waals surface area contributed by atoms with E-state index in [1.54, 1.807) is 37.3 Å². The second-order valence-corrected chi connectivity index (χ2v) is 6.39. The second-order valence-electron chi connectivity index (χ2n) is 5.95. The number of halogens is 1. The van der Waals surface area contributed by atoms with Gasteiger partial charge < -0.3 is 10.6 Å². The Morgan fingerprint density at radius 1 is 1.21 bits per heavy atom. The van der Waals surface area contributed by atoms with Crippen molar-refractivity contribution >= 4 is 34.8 Å². The fraction of sp³-hybridized carbons (Fsp3) is 0.111. The number of nitro groups is 1. The maximum Gasteiger partial charge on any atom is 0.274 e. The number of nitrogens with one attached hydrogen (secondary N) is 2. The van der Waals surface area contributed by atoms with Gasteiger partial charge in [0.2, 0.25) is 5.91 Å². The summed E-state index contributed by atoms with van der Waals surface area (Å²) in [7, 11) is 0. The van der Waals surface area contributed by atoms with Crippen LogP contribution in [0.15, 0.2) is 48.5 Å². The molecule has 3 rings (SSSR count). The van der Waals surface area contributed by atoms with Gasteiger partial charge in [0.05, 0.1) is 22.8 Å². The highest BCUT2D eigenvalue weighted by molar-refractivity contribution is 6.30. The van der Waals surface area contributed by atoms with Crippen LogP contribution in [0.3, 0.4) is 0 Å². The molecule has 0 aliphatic carbocycles. The van der Waals surface area contributed by atoms with E-state index in [1.165, 1.54) is 22.9 Å². The zero-order chi connectivity index (χ0) is 21.0. The van der Waals surface area contributed by atoms with Gasteiger partial charge in [-0.25, -0.2) is 4.68 Å². The minimum Gasteiger partial charge on any atom is -0.342 e. The average molecular weight is 415 g/mol. The molecule has 0 radical (unpaired) electrons. The Morgan fingerprint density at radius 2 is 1.93 bits per heavy atom. The molecule has 10 nitrogen and oxygen atoms in total. The summed E-state index contributed by atoms with van der Waals surface area (Å²) >= 11 is 5.79. The summed E-state index contributed by atoms with van der Waals surface area (Å²) in [5.41, 5.74) is 1.21. The van der Waals surface area contributed by atoms with E-state index in [0.29, 0.717) is 22.1 Å². The number of amides is 2. The molecule has 0 fully saturated rings. The zero-order valence-electron chi connectivity index (χ0n) is 15.1. The maximum absolute atomic E-state index is 12.4. The molecule has 0 aliphatic heterocycles. The van der Waals surface area contributed by atoms with Gasteiger partial charge in [-0.2, -0.15) is 0 Å². The van der Waals surface area contributed by atoms with Crippen LogP contribution in [-0.4, -0.2) is 38.3 Å². The van der Waals surface area contributed by atoms with Gasteiger partial charge in [-0.05, 0) is 37.3 Å². The number of carbonyl (C=O) groups is 2. The summed E-state index contributed by atoms with van der Waals surface area (Å²) in [4.78, 5) is 34.7. The van der Waals surface area contributed by atoms with Crippen molar-refractivity contribution in [2.45, 2.75) is 6.92 Å². The highest BCUT2D eigenvalue weighted by Crippen LogP contribution is 2.18. The molecular weight excluding hydrogens is 400 g/mol. The number of nitro benzene ring substituents is 1. The Bertz CT molecular complexity index is 1080. The lowest BCUT2D eigenvalue weighted by molar-refractivity contribution is -0.384. The minimum absolute atomic E-state index is 0.01000. The van der Waals surface area contributed by atoms with Gasteiger partial charge in [0.15, 0.2) is 5.69 Å². The number of anilines is 1. The fourth-order valence-electron chi connectivity index (χ4n) is 2.51. The van der Waals surface area contributed by atoms with Crippen molar-refractivity contribution in [3.8, 4) is 5.69 Å². The first-order chi connectivity index (χ1) is 13.8. The third-order valence-electron chi connectivity index (χ3n) is 3.93. The third kappa shape index (κ3) is 4.74. The first-order valence-corrected chi connectivity index (χ1v) is 8.73. The molecule has 2 amide bonds. The Hall–Kier alpha value is -3.79. The molecule has 0 saturated carbocycles. The molecule has 0 atom stereocenters. The molecular formula is C18H15ClN6O4. The fourth-order valence-corrected chi connectivity index (χ4v) is 2.63. The lowest BCUT2D eigenvalue weighted by atomic mass is 10.2. The molecule has 29 heavy (non-hydrogen) atoms. The van der Waals surface area contributed by atoms with Gasteiger partial charge in [0, 0.05) is 22.8 Å². The number of rotatable bonds is 6. The van der Waals surface area contributed by atoms with Gasteiger partial charge >= 0.3 is 0 Å². The monoisotopic (exact) mass is 414 g/mol. The van der Waals surface area contributed by atoms with E-state index in [9.17, 15) is 19.7 Å². The molecule has 3 aromatic rings. The van der Waals surface area contributed by atoms with Crippen LogP contribution in [0.5, 0.6) is 0 Å². The molecule has 0 unspecified atom stereocenters. The summed E-state index contributed by atoms with van der Waals surface area (Å²) in [6, 6.07) is 12.3. The Balaban J connectivity index is 1.66. The number of hydrogen-bond donors (Lipinski definition) is 2. The van der Waals surface area contributed by atoms with Gasteiger partial charge in [-0.15, -0.1) is 5.10 Å². The lowest BCUT2D eigenvalue weighted by Gasteiger charge is -2.07. The van der Waals surface area contributed by atoms with Crippen molar-refractivity contribution in [1.82, 2.24) is 20.3 Å². The Morgan fingerprint density at radius 3 is 2.62 bits per heavy atom. The van der Waals surface area contributed by atoms with Crippen LogP contribution in [0.25, 0.3) is 5.69 Å². The number of carbonyl (C=O) groups excluding carboxylic acids is 2. The van der Waals surface area contributed by atoms with E-state index in [4.69, 9.17) is 11.6 Å². The molecule has 11 heteroatoms. The largest absolute Gasteiger partial charge is 0.342 e. The van der Waals surface area contributed by atoms with E-state index < -0.39 is 16.7 Å². The van der Waals surface area contributed by atoms with Crippen LogP contribution in [0.4, 0.5) is 11.4 Å². The molecule has 1 heterocycles. The van der Waals surface area contributed by atoms with E-state index >= 15 is 0 Å². The normalized spacial score (nSPS) is 10.4. The van der Waals surface area contributed by atoms with Crippen LogP contribution >= 0.6 is 11.6 Å². The van der Waals surface area contributed by atoms with Crippen molar-refractivity contribution in [2.24, 2.45) is 0 Å². The third-order valence-corrected chi connectivity index (χ3v) is 4.18. The van der Waals surface area contributed by atoms with Crippen molar-refractivity contribution < 1.29 is 14.5 Å². The van der Waals surface area contributed by atoms with Crippen LogP contribution in [-0.2, 0) is 4.79 Å². The van der Waals surface area contributed by atoms with Gasteiger partial charge in [-0.3, -0.25) is 19.7 Å². The van der Waals surface area contributed by atoms with E-state index in [1.807, 2.05) is 0 Å². The average Bonchev–Trinajstić information content (AvgIpc) is 3.09. The molecule has 2 aromatic carbocycles. The summed E-state index contributed by atoms with van der Waals surface area (Å²) in [5, 5.41) is 24.3. The summed E-state index contributed by atoms with van der Waals surface area (Å²) in [6.07, 6.45) is 0. The van der Waals surface area contributed by atoms with E-state index in [0.717, 1.165) is 0 Å². The number of non-ortho nitro benzene ring substituents is 1. The van der Waals surface area contributed by atoms with Gasteiger partial charge in [-0.1, -0.05) is 22.9 Å². The number of nitrogens with zero attached hydrogens (tertiary/aromatic N) is 4. The number of benzene rings is 2. The summed E-state index contributed by atoms with van der Waals surface area (Å²) < 4.78 is 1.32. The highest BCUT2D eigenvalue weighted by atomic mass is 35.5. The SMILES string of the molecule is Cc1c(C(=O)NCC(=O)Nc2ccc(Cl)cc2)nnn1-c1cccc([N+](=O)[O-])c1. The first kappa shape index (κ1) is 20.0. The van der Waals surface area contributed by atoms with Crippen molar-refractivity contribution in [2.75, 3.05) is 11.9 Å². The molecule has 0 bridgehead atoms. The molecule has 1 aromatic heterocycles. The summed E-state index contributed by atoms with van der Waals surface area (Å²) in [6.45, 7) is 1.33. The van der Waals surface area contributed by atoms with Crippen molar-refractivity contribution in [3.63, 3.8) is 0 Å². The first-order valence-electron chi connectivity index (χ1n) is 8.36. The zero-order valence-corrected chi connectivity index (χ0v) is 15.9. The van der Waals surface area contributed by atoms with Crippen LogP contribution in [0.1, 0.15) is 16.2 Å². The molecule has 2 N–H and O–H groups in total. The van der Waals surface area contributed by atoms with Crippen LogP contribution in [0, 0.1) is 17.0 Å². The Labute approximate surface area is 169 Å². The molecule has 148 valence electrons. The van der Waals surface area contributed by atoms with Gasteiger partial charge in [0.1, 0.15) is 0 Å². The van der Waals surface area contributed by atoms with Crippen LogP contribution in [0.2, 0.25) is 5.02 Å². The van der Waals surface area contributed by atoms with E-state index in [2.05, 4.69) is 20.9 Å². The summed E-state index contributed by atoms with van der Waals surface area (Å²) in [5.74, 6) is -1.02. The predicted molar refractivity (Wildman–Crippen MR) is 105 cm³/mol. The molecule has 0 spiro atoms. The van der Waals surface area contributed by atoms with Gasteiger partial charge in [0.25, 0.3) is 11.6 Å². The number of hydrogen-bond acceptors (Lipinski definition) is 6. The standard InChI is InChI=1S/C18H15ClN6O4/c1-11-17(22-23-24(11)14-3-2-4-15(9-14)25(28)29)18(27)20-10-16(26)21-13-7-5-12(19)6-8-13/h2-9H,10H2,1H3,(H,20,27)(H,21,26). The minimum atomic E-state index is -0.592. The smallest absolute Gasteiger partial charge is 0.274 e. The molecule has 0 saturated heterocycles. The number of aromatic nitrogens is 3. The molecule has 0 aliphatic rings. The topological polar surface area (TPSA) is 132 Å². The lowest BCUT2D eigenvalue weighted by Crippen LogP contribution is -2.33. The second kappa shape index (κ2) is 8.48. The highest BCUT2D eigenvalue weighted by Gasteiger charge is 2.19. The maximum atomic E-state index is 12.4. The van der Waals surface area contributed by atoms with Crippen LogP contribution < -0.4 is 10.6 Å². The van der Waals surface area contributed by atoms with Crippen molar-refractivity contribution in [3.05, 3.63) is 75.1 Å².